The number of hydrogen-bond acceptors (Lipinski definition) is 7. The summed E-state index contributed by atoms with van der Waals surface area (Å²) in [6.07, 6.45) is 3.27. The van der Waals surface area contributed by atoms with E-state index in [4.69, 9.17) is 16.0 Å². The molecule has 0 fully saturated rings. The highest BCUT2D eigenvalue weighted by Crippen LogP contribution is 2.35. The Morgan fingerprint density at radius 3 is 2.32 bits per heavy atom. The summed E-state index contributed by atoms with van der Waals surface area (Å²) in [6, 6.07) is 16.0. The number of anilines is 3. The lowest BCUT2D eigenvalue weighted by atomic mass is 9.92. The van der Waals surface area contributed by atoms with Crippen molar-refractivity contribution in [1.29, 1.82) is 10.5 Å². The second-order valence-corrected chi connectivity index (χ2v) is 8.15. The van der Waals surface area contributed by atoms with Gasteiger partial charge in [-0.1, -0.05) is 24.3 Å². The molecule has 2 aromatic heterocycles. The van der Waals surface area contributed by atoms with Gasteiger partial charge in [0.2, 0.25) is 5.95 Å². The van der Waals surface area contributed by atoms with Crippen LogP contribution in [0.25, 0.3) is 28.1 Å². The van der Waals surface area contributed by atoms with Crippen LogP contribution in [-0.4, -0.2) is 15.0 Å². The Morgan fingerprint density at radius 2 is 1.68 bits per heavy atom. The first-order valence-corrected chi connectivity index (χ1v) is 10.7. The maximum absolute atomic E-state index is 9.31. The van der Waals surface area contributed by atoms with Crippen molar-refractivity contribution in [2.45, 2.75) is 27.7 Å². The van der Waals surface area contributed by atoms with Gasteiger partial charge < -0.3 is 11.1 Å². The van der Waals surface area contributed by atoms with E-state index >= 15 is 0 Å². The zero-order valence-corrected chi connectivity index (χ0v) is 19.4. The van der Waals surface area contributed by atoms with Crippen LogP contribution in [0.5, 0.6) is 0 Å². The lowest BCUT2D eigenvalue weighted by molar-refractivity contribution is 1.13. The molecule has 4 aromatic rings. The van der Waals surface area contributed by atoms with Crippen LogP contribution in [0.2, 0.25) is 0 Å². The molecule has 3 N–H and O–H groups in total. The lowest BCUT2D eigenvalue weighted by Gasteiger charge is -2.15. The molecule has 0 unspecified atom stereocenters. The third-order valence-electron chi connectivity index (χ3n) is 5.68. The van der Waals surface area contributed by atoms with Crippen LogP contribution in [-0.2, 0) is 0 Å². The molecule has 0 aliphatic rings. The third-order valence-corrected chi connectivity index (χ3v) is 5.68. The van der Waals surface area contributed by atoms with Crippen molar-refractivity contribution >= 4 is 34.6 Å². The van der Waals surface area contributed by atoms with Gasteiger partial charge >= 0.3 is 0 Å². The van der Waals surface area contributed by atoms with Gasteiger partial charge in [0.05, 0.1) is 22.8 Å². The predicted molar refractivity (Wildman–Crippen MR) is 135 cm³/mol. The van der Waals surface area contributed by atoms with Crippen LogP contribution >= 0.6 is 0 Å². The minimum atomic E-state index is 0.331. The first kappa shape index (κ1) is 22.4. The Balaban J connectivity index is 1.85. The summed E-state index contributed by atoms with van der Waals surface area (Å²) in [6.45, 7) is 7.75. The SMILES string of the molecule is Cc1cc(Nc2nc(N)c3cccc(-c4c(C)cc(/C=C/C#N)cc4C)c3n2)nc(C)c1C#N. The summed E-state index contributed by atoms with van der Waals surface area (Å²) < 4.78 is 0. The molecule has 0 spiro atoms. The molecule has 7 heteroatoms. The molecule has 0 atom stereocenters. The fourth-order valence-electron chi connectivity index (χ4n) is 4.26. The summed E-state index contributed by atoms with van der Waals surface area (Å²) in [5.41, 5.74) is 14.2. The van der Waals surface area contributed by atoms with Crippen molar-refractivity contribution in [2.75, 3.05) is 11.1 Å². The zero-order chi connectivity index (χ0) is 24.4. The average Bonchev–Trinajstić information content (AvgIpc) is 2.77. The van der Waals surface area contributed by atoms with Crippen LogP contribution in [0, 0.1) is 50.4 Å². The molecule has 0 radical (unpaired) electrons. The molecule has 2 heterocycles. The monoisotopic (exact) mass is 445 g/mol. The number of fused-ring (bicyclic) bond motifs is 1. The number of nitrogens with zero attached hydrogens (tertiary/aromatic N) is 5. The topological polar surface area (TPSA) is 124 Å². The van der Waals surface area contributed by atoms with E-state index in [1.54, 1.807) is 19.1 Å². The standard InChI is InChI=1S/C27H23N7/c1-15-13-23(31-18(4)22(15)14-29)32-27-33-25-20(8-5-9-21(25)26(30)34-27)24-16(2)11-19(7-6-10-28)12-17(24)3/h5-9,11-13H,1-4H3,(H3,30,31,32,33,34)/b7-6+. The summed E-state index contributed by atoms with van der Waals surface area (Å²) in [4.78, 5) is 13.7. The largest absolute Gasteiger partial charge is 0.383 e. The van der Waals surface area contributed by atoms with E-state index in [0.29, 0.717) is 28.8 Å². The van der Waals surface area contributed by atoms with Gasteiger partial charge in [0, 0.05) is 17.0 Å². The number of rotatable bonds is 4. The smallest absolute Gasteiger partial charge is 0.230 e. The number of nitriles is 2. The third kappa shape index (κ3) is 4.15. The normalized spacial score (nSPS) is 10.9. The molecule has 0 amide bonds. The number of aromatic nitrogens is 3. The van der Waals surface area contributed by atoms with E-state index in [1.807, 2.05) is 57.2 Å². The number of nitrogens with one attached hydrogen (secondary N) is 1. The van der Waals surface area contributed by atoms with E-state index in [-0.39, 0.29) is 0 Å². The Labute approximate surface area is 198 Å². The van der Waals surface area contributed by atoms with Crippen LogP contribution in [0.1, 0.15) is 33.5 Å². The van der Waals surface area contributed by atoms with E-state index in [0.717, 1.165) is 44.3 Å². The Hall–Kier alpha value is -4.75. The number of nitrogen functional groups attached to an aromatic ring is 1. The second kappa shape index (κ2) is 9.01. The average molecular weight is 446 g/mol. The molecule has 0 saturated heterocycles. The van der Waals surface area contributed by atoms with E-state index in [2.05, 4.69) is 21.4 Å². The molecular formula is C27H23N7. The number of aryl methyl sites for hydroxylation is 4. The van der Waals surface area contributed by atoms with Gasteiger partial charge in [-0.05, 0) is 73.7 Å². The van der Waals surface area contributed by atoms with Gasteiger partial charge in [-0.2, -0.15) is 15.5 Å². The molecule has 4 rings (SSSR count). The van der Waals surface area contributed by atoms with Crippen LogP contribution in [0.3, 0.4) is 0 Å². The number of allylic oxidation sites excluding steroid dienone is 1. The highest BCUT2D eigenvalue weighted by molar-refractivity contribution is 6.00. The Bertz CT molecular complexity index is 1510. The van der Waals surface area contributed by atoms with Crippen LogP contribution < -0.4 is 11.1 Å². The maximum Gasteiger partial charge on any atom is 0.230 e. The fraction of sp³-hybridized carbons (Fsp3) is 0.148. The van der Waals surface area contributed by atoms with Gasteiger partial charge in [0.1, 0.15) is 17.7 Å². The molecule has 2 aromatic carbocycles. The van der Waals surface area contributed by atoms with E-state index < -0.39 is 0 Å². The number of nitrogens with two attached hydrogens (primary N) is 1. The van der Waals surface area contributed by atoms with E-state index in [9.17, 15) is 5.26 Å². The molecule has 34 heavy (non-hydrogen) atoms. The van der Waals surface area contributed by atoms with Gasteiger partial charge in [-0.3, -0.25) is 0 Å². The minimum Gasteiger partial charge on any atom is -0.383 e. The first-order chi connectivity index (χ1) is 16.3. The summed E-state index contributed by atoms with van der Waals surface area (Å²) in [7, 11) is 0. The summed E-state index contributed by atoms with van der Waals surface area (Å²) >= 11 is 0. The molecular weight excluding hydrogens is 422 g/mol. The Kier molecular flexibility index (Phi) is 5.95. The minimum absolute atomic E-state index is 0.331. The van der Waals surface area contributed by atoms with Gasteiger partial charge in [0.15, 0.2) is 0 Å². The summed E-state index contributed by atoms with van der Waals surface area (Å²) in [5, 5.41) is 22.1. The first-order valence-electron chi connectivity index (χ1n) is 10.7. The number of benzene rings is 2. The zero-order valence-electron chi connectivity index (χ0n) is 19.4. The van der Waals surface area contributed by atoms with Crippen molar-refractivity contribution in [2.24, 2.45) is 0 Å². The highest BCUT2D eigenvalue weighted by atomic mass is 15.2. The van der Waals surface area contributed by atoms with Gasteiger partial charge in [0.25, 0.3) is 0 Å². The van der Waals surface area contributed by atoms with E-state index in [1.165, 1.54) is 6.08 Å². The Morgan fingerprint density at radius 1 is 0.941 bits per heavy atom. The second-order valence-electron chi connectivity index (χ2n) is 8.15. The molecule has 166 valence electrons. The molecule has 0 bridgehead atoms. The summed E-state index contributed by atoms with van der Waals surface area (Å²) in [5.74, 6) is 1.24. The number of hydrogen-bond donors (Lipinski definition) is 2. The number of para-hydroxylation sites is 1. The van der Waals surface area contributed by atoms with Crippen molar-refractivity contribution in [1.82, 2.24) is 15.0 Å². The lowest BCUT2D eigenvalue weighted by Crippen LogP contribution is -2.05. The van der Waals surface area contributed by atoms with Crippen molar-refractivity contribution in [3.05, 3.63) is 76.0 Å². The maximum atomic E-state index is 9.31. The van der Waals surface area contributed by atoms with Crippen LogP contribution in [0.4, 0.5) is 17.6 Å². The molecule has 0 aliphatic heterocycles. The number of pyridine rings is 1. The molecule has 7 nitrogen and oxygen atoms in total. The molecule has 0 aliphatic carbocycles. The predicted octanol–water partition coefficient (Wildman–Crippen LogP) is 5.66. The molecule has 0 saturated carbocycles. The van der Waals surface area contributed by atoms with Gasteiger partial charge in [-0.25, -0.2) is 9.97 Å². The van der Waals surface area contributed by atoms with Crippen molar-refractivity contribution < 1.29 is 0 Å². The highest BCUT2D eigenvalue weighted by Gasteiger charge is 2.15. The fourth-order valence-corrected chi connectivity index (χ4v) is 4.26. The van der Waals surface area contributed by atoms with Crippen molar-refractivity contribution in [3.8, 4) is 23.3 Å². The quantitative estimate of drug-likeness (QED) is 0.388. The van der Waals surface area contributed by atoms with Crippen molar-refractivity contribution in [3.63, 3.8) is 0 Å². The van der Waals surface area contributed by atoms with Gasteiger partial charge in [-0.15, -0.1) is 0 Å². The van der Waals surface area contributed by atoms with Crippen LogP contribution in [0.15, 0.2) is 42.5 Å².